The molecule has 8 heteroatoms. The number of amides is 2. The Morgan fingerprint density at radius 2 is 1.32 bits per heavy atom. The van der Waals surface area contributed by atoms with Gasteiger partial charge in [-0.25, -0.2) is 13.2 Å². The molecule has 0 saturated carbocycles. The Kier molecular flexibility index (Phi) is 7.19. The summed E-state index contributed by atoms with van der Waals surface area (Å²) in [7, 11) is -3.60. The largest absolute Gasteiger partial charge is 0.334 e. The minimum Gasteiger partial charge on any atom is -0.334 e. The zero-order valence-corrected chi connectivity index (χ0v) is 19.1. The van der Waals surface area contributed by atoms with E-state index in [2.05, 4.69) is 20.3 Å². The first-order valence-electron chi connectivity index (χ1n) is 10.7. The van der Waals surface area contributed by atoms with Gasteiger partial charge in [-0.2, -0.15) is 0 Å². The smallest absolute Gasteiger partial charge is 0.319 e. The van der Waals surface area contributed by atoms with Gasteiger partial charge in [0.25, 0.3) is 0 Å². The van der Waals surface area contributed by atoms with Crippen LogP contribution in [0.5, 0.6) is 0 Å². The van der Waals surface area contributed by atoms with E-state index < -0.39 is 10.0 Å². The zero-order valence-electron chi connectivity index (χ0n) is 18.3. The van der Waals surface area contributed by atoms with Crippen LogP contribution in [0.3, 0.4) is 0 Å². The Labute approximate surface area is 198 Å². The molecule has 1 heterocycles. The highest BCUT2D eigenvalue weighted by Crippen LogP contribution is 2.21. The second-order valence-electron chi connectivity index (χ2n) is 7.66. The second-order valence-corrected chi connectivity index (χ2v) is 9.39. The van der Waals surface area contributed by atoms with Crippen LogP contribution in [-0.2, 0) is 22.3 Å². The molecular weight excluding hydrogens is 448 g/mol. The molecule has 4 aromatic rings. The Balaban J connectivity index is 1.30. The van der Waals surface area contributed by atoms with Crippen molar-refractivity contribution in [2.45, 2.75) is 12.3 Å². The first kappa shape index (κ1) is 23.0. The molecule has 172 valence electrons. The third-order valence-electron chi connectivity index (χ3n) is 5.04. The molecule has 4 rings (SSSR count). The maximum absolute atomic E-state index is 12.6. The molecule has 3 N–H and O–H groups in total. The Bertz CT molecular complexity index is 1330. The molecule has 2 amide bonds. The number of nitrogens with zero attached hydrogens (tertiary/aromatic N) is 1. The summed E-state index contributed by atoms with van der Waals surface area (Å²) in [5.41, 5.74) is 4.70. The number of anilines is 2. The summed E-state index contributed by atoms with van der Waals surface area (Å²) in [6, 6.07) is 27.1. The lowest BCUT2D eigenvalue weighted by molar-refractivity contribution is 0.251. The molecule has 0 fully saturated rings. The summed E-state index contributed by atoms with van der Waals surface area (Å²) in [5, 5.41) is 5.47. The van der Waals surface area contributed by atoms with E-state index in [0.29, 0.717) is 23.5 Å². The minimum atomic E-state index is -3.60. The standard InChI is InChI=1S/C26H24N4O3S/c31-26(28-18-20-14-16-27-17-15-20)29-24-10-12-25(13-11-24)30-34(32,33)19-21-6-8-23(9-7-21)22-4-2-1-3-5-22/h1-17,30H,18-19H2,(H2,28,29,31). The van der Waals surface area contributed by atoms with Gasteiger partial charge in [-0.1, -0.05) is 54.6 Å². The van der Waals surface area contributed by atoms with E-state index in [4.69, 9.17) is 0 Å². The van der Waals surface area contributed by atoms with Gasteiger partial charge in [0, 0.05) is 30.3 Å². The lowest BCUT2D eigenvalue weighted by Crippen LogP contribution is -2.28. The highest BCUT2D eigenvalue weighted by Gasteiger charge is 2.12. The van der Waals surface area contributed by atoms with Gasteiger partial charge < -0.3 is 10.6 Å². The number of rotatable bonds is 8. The van der Waals surface area contributed by atoms with Crippen molar-refractivity contribution in [2.75, 3.05) is 10.0 Å². The Morgan fingerprint density at radius 1 is 0.706 bits per heavy atom. The van der Waals surface area contributed by atoms with E-state index in [9.17, 15) is 13.2 Å². The molecule has 0 saturated heterocycles. The molecule has 0 spiro atoms. The normalized spacial score (nSPS) is 10.9. The van der Waals surface area contributed by atoms with E-state index in [-0.39, 0.29) is 11.8 Å². The van der Waals surface area contributed by atoms with E-state index in [1.54, 1.807) is 36.7 Å². The molecule has 0 aliphatic heterocycles. The van der Waals surface area contributed by atoms with Crippen molar-refractivity contribution in [3.05, 3.63) is 115 Å². The van der Waals surface area contributed by atoms with Crippen LogP contribution in [0.25, 0.3) is 11.1 Å². The second kappa shape index (κ2) is 10.6. The number of sulfonamides is 1. The SMILES string of the molecule is O=C(NCc1ccncc1)Nc1ccc(NS(=O)(=O)Cc2ccc(-c3ccccc3)cc2)cc1. The quantitative estimate of drug-likeness (QED) is 0.335. The van der Waals surface area contributed by atoms with Crippen LogP contribution >= 0.6 is 0 Å². The third-order valence-corrected chi connectivity index (χ3v) is 6.30. The van der Waals surface area contributed by atoms with E-state index in [1.807, 2.05) is 66.7 Å². The topological polar surface area (TPSA) is 100 Å². The summed E-state index contributed by atoms with van der Waals surface area (Å²) in [6.45, 7) is 0.374. The van der Waals surface area contributed by atoms with Gasteiger partial charge in [0.05, 0.1) is 5.75 Å². The highest BCUT2D eigenvalue weighted by atomic mass is 32.2. The van der Waals surface area contributed by atoms with Crippen LogP contribution in [-0.4, -0.2) is 19.4 Å². The molecule has 0 aliphatic carbocycles. The number of urea groups is 1. The van der Waals surface area contributed by atoms with Gasteiger partial charge in [-0.15, -0.1) is 0 Å². The predicted molar refractivity (Wildman–Crippen MR) is 135 cm³/mol. The molecule has 0 aliphatic rings. The molecule has 0 bridgehead atoms. The molecular formula is C26H24N4O3S. The predicted octanol–water partition coefficient (Wildman–Crippen LogP) is 5.01. The Morgan fingerprint density at radius 3 is 2.00 bits per heavy atom. The average Bonchev–Trinajstić information content (AvgIpc) is 2.85. The van der Waals surface area contributed by atoms with Crippen LogP contribution in [0.4, 0.5) is 16.2 Å². The molecule has 7 nitrogen and oxygen atoms in total. The van der Waals surface area contributed by atoms with Crippen LogP contribution in [0, 0.1) is 0 Å². The van der Waals surface area contributed by atoms with Gasteiger partial charge in [-0.05, 0) is 58.7 Å². The third kappa shape index (κ3) is 6.66. The number of hydrogen-bond acceptors (Lipinski definition) is 4. The maximum Gasteiger partial charge on any atom is 0.319 e. The first-order chi connectivity index (χ1) is 16.5. The number of carbonyl (C=O) groups is 1. The lowest BCUT2D eigenvalue weighted by atomic mass is 10.0. The van der Waals surface area contributed by atoms with Crippen molar-refractivity contribution in [3.8, 4) is 11.1 Å². The van der Waals surface area contributed by atoms with Crippen LogP contribution in [0.2, 0.25) is 0 Å². The van der Waals surface area contributed by atoms with Crippen molar-refractivity contribution in [2.24, 2.45) is 0 Å². The molecule has 0 atom stereocenters. The van der Waals surface area contributed by atoms with Gasteiger partial charge >= 0.3 is 6.03 Å². The summed E-state index contributed by atoms with van der Waals surface area (Å²) in [5.74, 6) is -0.139. The van der Waals surface area contributed by atoms with E-state index >= 15 is 0 Å². The fourth-order valence-corrected chi connectivity index (χ4v) is 4.54. The van der Waals surface area contributed by atoms with Crippen molar-refractivity contribution in [1.29, 1.82) is 0 Å². The molecule has 3 aromatic carbocycles. The van der Waals surface area contributed by atoms with Crippen molar-refractivity contribution in [1.82, 2.24) is 10.3 Å². The van der Waals surface area contributed by atoms with Crippen molar-refractivity contribution < 1.29 is 13.2 Å². The first-order valence-corrected chi connectivity index (χ1v) is 12.3. The van der Waals surface area contributed by atoms with Gasteiger partial charge in [0.15, 0.2) is 0 Å². The number of nitrogens with one attached hydrogen (secondary N) is 3. The van der Waals surface area contributed by atoms with E-state index in [1.165, 1.54) is 0 Å². The fourth-order valence-electron chi connectivity index (χ4n) is 3.34. The molecule has 1 aromatic heterocycles. The number of benzene rings is 3. The number of hydrogen-bond donors (Lipinski definition) is 3. The van der Waals surface area contributed by atoms with Gasteiger partial charge in [-0.3, -0.25) is 9.71 Å². The lowest BCUT2D eigenvalue weighted by Gasteiger charge is -2.11. The number of pyridine rings is 1. The molecule has 34 heavy (non-hydrogen) atoms. The van der Waals surface area contributed by atoms with Crippen LogP contribution in [0.15, 0.2) is 103 Å². The van der Waals surface area contributed by atoms with Gasteiger partial charge in [0.2, 0.25) is 10.0 Å². The summed E-state index contributed by atoms with van der Waals surface area (Å²) < 4.78 is 27.8. The maximum atomic E-state index is 12.6. The van der Waals surface area contributed by atoms with Crippen LogP contribution < -0.4 is 15.4 Å². The van der Waals surface area contributed by atoms with E-state index in [0.717, 1.165) is 16.7 Å². The average molecular weight is 473 g/mol. The highest BCUT2D eigenvalue weighted by molar-refractivity contribution is 7.91. The number of aromatic nitrogens is 1. The summed E-state index contributed by atoms with van der Waals surface area (Å²) in [6.07, 6.45) is 3.32. The minimum absolute atomic E-state index is 0.139. The zero-order chi connectivity index (χ0) is 23.8. The van der Waals surface area contributed by atoms with Crippen LogP contribution in [0.1, 0.15) is 11.1 Å². The summed E-state index contributed by atoms with van der Waals surface area (Å²) in [4.78, 5) is 16.0. The monoisotopic (exact) mass is 472 g/mol. The number of carbonyl (C=O) groups excluding carboxylic acids is 1. The molecule has 0 unspecified atom stereocenters. The van der Waals surface area contributed by atoms with Gasteiger partial charge in [0.1, 0.15) is 0 Å². The molecule has 0 radical (unpaired) electrons. The van der Waals surface area contributed by atoms with Crippen molar-refractivity contribution in [3.63, 3.8) is 0 Å². The summed E-state index contributed by atoms with van der Waals surface area (Å²) >= 11 is 0. The Hall–Kier alpha value is -4.17. The fraction of sp³-hybridized carbons (Fsp3) is 0.0769. The van der Waals surface area contributed by atoms with Crippen molar-refractivity contribution >= 4 is 27.4 Å².